The lowest BCUT2D eigenvalue weighted by molar-refractivity contribution is -0.147. The molecule has 0 aromatic heterocycles. The van der Waals surface area contributed by atoms with Crippen molar-refractivity contribution in [3.05, 3.63) is 0 Å². The van der Waals surface area contributed by atoms with Crippen LogP contribution < -0.4 is 5.32 Å². The van der Waals surface area contributed by atoms with Gasteiger partial charge in [0.25, 0.3) is 0 Å². The quantitative estimate of drug-likeness (QED) is 0.202. The summed E-state index contributed by atoms with van der Waals surface area (Å²) in [6, 6.07) is -0.654. The van der Waals surface area contributed by atoms with Crippen molar-refractivity contribution in [3.8, 4) is 0 Å². The number of esters is 4. The first kappa shape index (κ1) is 31.7. The largest absolute Gasteiger partial charge is 0.469 e. The number of rotatable bonds is 12. The molecule has 0 aromatic rings. The molecule has 1 saturated heterocycles. The van der Waals surface area contributed by atoms with Crippen molar-refractivity contribution in [3.63, 3.8) is 0 Å². The van der Waals surface area contributed by atoms with Crippen molar-refractivity contribution >= 4 is 51.4 Å². The molecule has 0 saturated carbocycles. The molecule has 0 aromatic carbocycles. The zero-order valence-electron chi connectivity index (χ0n) is 23.2. The van der Waals surface area contributed by atoms with Crippen molar-refractivity contribution in [1.82, 2.24) is 5.32 Å². The Kier molecular flexibility index (Phi) is 10.5. The highest BCUT2D eigenvalue weighted by Gasteiger charge is 2.67. The Balaban J connectivity index is 2.65. The van der Waals surface area contributed by atoms with Crippen LogP contribution in [0.1, 0.15) is 59.3 Å². The van der Waals surface area contributed by atoms with Gasteiger partial charge in [0.05, 0.1) is 52.9 Å². The molecule has 6 unspecified atom stereocenters. The molecule has 0 aliphatic carbocycles. The second-order valence-corrected chi connectivity index (χ2v) is 11.1. The molecular weight excluding hydrogens is 564 g/mol. The third kappa shape index (κ3) is 5.89. The molecule has 12 heteroatoms. The fraction of sp³-hybridized carbons (Fsp3) is 0.769. The van der Waals surface area contributed by atoms with E-state index in [1.807, 2.05) is 20.8 Å². The third-order valence-corrected chi connectivity index (χ3v) is 9.35. The Bertz CT molecular complexity index is 986. The summed E-state index contributed by atoms with van der Waals surface area (Å²) in [6.45, 7) is 5.57. The smallest absolute Gasteiger partial charge is 0.306 e. The summed E-state index contributed by atoms with van der Waals surface area (Å²) in [5.74, 6) is -3.36. The SMILES string of the molecule is COC(=O)CCC1C(=O)NC(C)(C2N=C(CBr)C(C)(CCC(=O)OC)C2CC(=O)OC)C1(C)CC(=O)OC. The molecule has 0 spiro atoms. The van der Waals surface area contributed by atoms with E-state index in [0.717, 1.165) is 5.71 Å². The highest BCUT2D eigenvalue weighted by molar-refractivity contribution is 9.09. The van der Waals surface area contributed by atoms with Crippen molar-refractivity contribution in [2.24, 2.45) is 27.7 Å². The molecule has 0 bridgehead atoms. The predicted octanol–water partition coefficient (Wildman–Crippen LogP) is 2.37. The number of hydrogen-bond acceptors (Lipinski definition) is 10. The molecule has 38 heavy (non-hydrogen) atoms. The third-order valence-electron chi connectivity index (χ3n) is 8.82. The van der Waals surface area contributed by atoms with Gasteiger partial charge in [-0.2, -0.15) is 0 Å². The average molecular weight is 604 g/mol. The van der Waals surface area contributed by atoms with Gasteiger partial charge in [-0.15, -0.1) is 0 Å². The van der Waals surface area contributed by atoms with Gasteiger partial charge in [-0.3, -0.25) is 29.0 Å². The van der Waals surface area contributed by atoms with E-state index in [4.69, 9.17) is 23.9 Å². The number of nitrogens with zero attached hydrogens (tertiary/aromatic N) is 1. The molecule has 1 amide bonds. The number of aliphatic imine (C=N–C) groups is 1. The molecule has 6 atom stereocenters. The number of hydrogen-bond donors (Lipinski definition) is 1. The number of carbonyl (C=O) groups excluding carboxylic acids is 5. The van der Waals surface area contributed by atoms with Gasteiger partial charge in [-0.25, -0.2) is 0 Å². The fourth-order valence-electron chi connectivity index (χ4n) is 6.12. The highest BCUT2D eigenvalue weighted by Crippen LogP contribution is 2.57. The van der Waals surface area contributed by atoms with Gasteiger partial charge in [-0.05, 0) is 19.8 Å². The second kappa shape index (κ2) is 12.6. The summed E-state index contributed by atoms with van der Waals surface area (Å²) in [4.78, 5) is 67.8. The van der Waals surface area contributed by atoms with E-state index in [2.05, 4.69) is 21.2 Å². The van der Waals surface area contributed by atoms with E-state index < -0.39 is 52.2 Å². The van der Waals surface area contributed by atoms with E-state index >= 15 is 0 Å². The topological polar surface area (TPSA) is 147 Å². The lowest BCUT2D eigenvalue weighted by Gasteiger charge is -2.48. The molecule has 2 aliphatic rings. The Morgan fingerprint density at radius 1 is 0.895 bits per heavy atom. The minimum atomic E-state index is -1.12. The van der Waals surface area contributed by atoms with Crippen LogP contribution in [0.3, 0.4) is 0 Å². The van der Waals surface area contributed by atoms with Crippen LogP contribution in [0.4, 0.5) is 0 Å². The fourth-order valence-corrected chi connectivity index (χ4v) is 6.91. The molecule has 2 aliphatic heterocycles. The van der Waals surface area contributed by atoms with Crippen molar-refractivity contribution in [1.29, 1.82) is 0 Å². The minimum absolute atomic E-state index is 0.00948. The van der Waals surface area contributed by atoms with Crippen LogP contribution >= 0.6 is 15.9 Å². The monoisotopic (exact) mass is 602 g/mol. The lowest BCUT2D eigenvalue weighted by atomic mass is 9.57. The van der Waals surface area contributed by atoms with Gasteiger partial charge in [0, 0.05) is 46.5 Å². The molecule has 1 N–H and O–H groups in total. The van der Waals surface area contributed by atoms with Crippen LogP contribution in [-0.4, -0.2) is 80.8 Å². The maximum atomic E-state index is 13.5. The number of halogens is 1. The second-order valence-electron chi connectivity index (χ2n) is 10.6. The Morgan fingerprint density at radius 3 is 1.97 bits per heavy atom. The van der Waals surface area contributed by atoms with E-state index in [0.29, 0.717) is 11.8 Å². The average Bonchev–Trinajstić information content (AvgIpc) is 3.27. The number of ether oxygens (including phenoxy) is 4. The number of carbonyl (C=O) groups is 5. The summed E-state index contributed by atoms with van der Waals surface area (Å²) in [7, 11) is 5.16. The van der Waals surface area contributed by atoms with Crippen molar-refractivity contribution in [2.75, 3.05) is 33.8 Å². The summed E-state index contributed by atoms with van der Waals surface area (Å²) in [5, 5.41) is 3.48. The van der Waals surface area contributed by atoms with Crippen LogP contribution in [0.5, 0.6) is 0 Å². The summed E-state index contributed by atoms with van der Waals surface area (Å²) in [6.07, 6.45) is 0.462. The van der Waals surface area contributed by atoms with Crippen LogP contribution in [-0.2, 0) is 42.9 Å². The number of alkyl halides is 1. The number of nitrogens with one attached hydrogen (secondary N) is 1. The van der Waals surface area contributed by atoms with Crippen LogP contribution in [0.2, 0.25) is 0 Å². The number of methoxy groups -OCH3 is 4. The van der Waals surface area contributed by atoms with Crippen LogP contribution in [0.15, 0.2) is 4.99 Å². The molecule has 11 nitrogen and oxygen atoms in total. The van der Waals surface area contributed by atoms with Gasteiger partial charge in [0.15, 0.2) is 0 Å². The van der Waals surface area contributed by atoms with E-state index in [-0.39, 0.29) is 44.0 Å². The van der Waals surface area contributed by atoms with Crippen molar-refractivity contribution in [2.45, 2.75) is 70.9 Å². The first-order chi connectivity index (χ1) is 17.8. The predicted molar refractivity (Wildman–Crippen MR) is 141 cm³/mol. The van der Waals surface area contributed by atoms with E-state index in [9.17, 15) is 24.0 Å². The lowest BCUT2D eigenvalue weighted by Crippen LogP contribution is -2.60. The molecule has 214 valence electrons. The molecule has 0 radical (unpaired) electrons. The van der Waals surface area contributed by atoms with E-state index in [1.165, 1.54) is 28.4 Å². The van der Waals surface area contributed by atoms with Gasteiger partial charge in [0.2, 0.25) is 5.91 Å². The zero-order valence-corrected chi connectivity index (χ0v) is 24.8. The summed E-state index contributed by atoms with van der Waals surface area (Å²) < 4.78 is 19.6. The molecule has 1 fully saturated rings. The summed E-state index contributed by atoms with van der Waals surface area (Å²) >= 11 is 3.52. The first-order valence-electron chi connectivity index (χ1n) is 12.5. The Labute approximate surface area is 231 Å². The first-order valence-corrected chi connectivity index (χ1v) is 13.6. The van der Waals surface area contributed by atoms with E-state index in [1.54, 1.807) is 0 Å². The van der Waals surface area contributed by atoms with Gasteiger partial charge >= 0.3 is 23.9 Å². The standard InChI is InChI=1S/C26H39BrN2O9/c1-24(11-10-19(31)36-5)16(12-20(32)37-6)22(28-17(24)14-27)26(3)25(2,13-21(33)38-7)15(23(34)29-26)8-9-18(30)35-4/h15-16,22H,8-14H2,1-7H3,(H,29,34). The minimum Gasteiger partial charge on any atom is -0.469 e. The Morgan fingerprint density at radius 2 is 1.45 bits per heavy atom. The Hall–Kier alpha value is -2.50. The molecular formula is C26H39BrN2O9. The highest BCUT2D eigenvalue weighted by atomic mass is 79.9. The normalized spacial score (nSPS) is 32.3. The van der Waals surface area contributed by atoms with Gasteiger partial charge < -0.3 is 24.3 Å². The van der Waals surface area contributed by atoms with Gasteiger partial charge in [-0.1, -0.05) is 29.8 Å². The molecule has 2 rings (SSSR count). The summed E-state index contributed by atoms with van der Waals surface area (Å²) in [5.41, 5.74) is -2.15. The van der Waals surface area contributed by atoms with Gasteiger partial charge in [0.1, 0.15) is 0 Å². The maximum Gasteiger partial charge on any atom is 0.306 e. The van der Waals surface area contributed by atoms with Crippen molar-refractivity contribution < 1.29 is 42.9 Å². The van der Waals surface area contributed by atoms with Crippen LogP contribution in [0.25, 0.3) is 0 Å². The maximum absolute atomic E-state index is 13.5. The number of amides is 1. The molecule has 2 heterocycles. The zero-order chi connectivity index (χ0) is 28.9. The van der Waals surface area contributed by atoms with Crippen LogP contribution in [0, 0.1) is 22.7 Å².